The molecule has 1 N–H and O–H groups in total. The monoisotopic (exact) mass is 669 g/mol. The minimum absolute atomic E-state index is 0.0686. The van der Waals surface area contributed by atoms with E-state index in [0.29, 0.717) is 69.2 Å². The fraction of sp³-hybridized carbons (Fsp3) is 0.436. The average molecular weight is 670 g/mol. The summed E-state index contributed by atoms with van der Waals surface area (Å²) in [6, 6.07) is 24.4. The van der Waals surface area contributed by atoms with Gasteiger partial charge in [0, 0.05) is 31.6 Å². The molecule has 2 amide bonds. The number of ether oxygens (including phenoxy) is 3. The first-order valence-electron chi connectivity index (χ1n) is 17.2. The van der Waals surface area contributed by atoms with Crippen LogP contribution in [0.2, 0.25) is 0 Å². The van der Waals surface area contributed by atoms with Crippen LogP contribution in [0.25, 0.3) is 0 Å². The molecule has 3 aromatic rings. The Labute approximate surface area is 288 Å². The molecular weight excluding hydrogens is 622 g/mol. The Morgan fingerprint density at radius 3 is 2.39 bits per heavy atom. The maximum atomic E-state index is 13.2. The summed E-state index contributed by atoms with van der Waals surface area (Å²) in [5.74, 6) is 0.406. The number of carbonyl (C=O) groups is 4. The Balaban J connectivity index is 1.15. The van der Waals surface area contributed by atoms with E-state index in [-0.39, 0.29) is 30.5 Å². The third-order valence-corrected chi connectivity index (χ3v) is 9.37. The molecule has 3 atom stereocenters. The van der Waals surface area contributed by atoms with Gasteiger partial charge in [0.25, 0.3) is 5.91 Å². The van der Waals surface area contributed by atoms with Gasteiger partial charge in [-0.05, 0) is 86.1 Å². The molecule has 49 heavy (non-hydrogen) atoms. The summed E-state index contributed by atoms with van der Waals surface area (Å²) in [7, 11) is 2.04. The van der Waals surface area contributed by atoms with Crippen LogP contribution in [0, 0.1) is 11.8 Å². The predicted molar refractivity (Wildman–Crippen MR) is 185 cm³/mol. The van der Waals surface area contributed by atoms with E-state index in [0.717, 1.165) is 35.9 Å². The third-order valence-electron chi connectivity index (χ3n) is 9.37. The molecule has 2 aliphatic rings. The highest BCUT2D eigenvalue weighted by Crippen LogP contribution is 2.27. The molecule has 1 unspecified atom stereocenters. The molecule has 0 spiro atoms. The number of nitrogens with zero attached hydrogens (tertiary/aromatic N) is 2. The zero-order chi connectivity index (χ0) is 34.6. The zero-order valence-corrected chi connectivity index (χ0v) is 28.4. The van der Waals surface area contributed by atoms with E-state index >= 15 is 0 Å². The number of likely N-dealkylation sites (N-methyl/N-ethyl adjacent to an activating group) is 1. The number of aldehydes is 1. The van der Waals surface area contributed by atoms with E-state index in [1.165, 1.54) is 0 Å². The minimum Gasteiger partial charge on any atom is -0.489 e. The van der Waals surface area contributed by atoms with Gasteiger partial charge in [-0.25, -0.2) is 4.79 Å². The van der Waals surface area contributed by atoms with E-state index in [1.54, 1.807) is 17.0 Å². The minimum atomic E-state index is -0.448. The fourth-order valence-corrected chi connectivity index (χ4v) is 6.29. The van der Waals surface area contributed by atoms with Gasteiger partial charge in [0.1, 0.15) is 24.7 Å². The number of amides is 2. The molecule has 3 aromatic carbocycles. The zero-order valence-electron chi connectivity index (χ0n) is 28.4. The number of piperidine rings is 2. The summed E-state index contributed by atoms with van der Waals surface area (Å²) < 4.78 is 17.3. The Morgan fingerprint density at radius 1 is 0.918 bits per heavy atom. The van der Waals surface area contributed by atoms with Crippen molar-refractivity contribution in [2.75, 3.05) is 39.8 Å². The van der Waals surface area contributed by atoms with Crippen molar-refractivity contribution >= 4 is 24.3 Å². The maximum Gasteiger partial charge on any atom is 0.408 e. The fourth-order valence-electron chi connectivity index (χ4n) is 6.29. The van der Waals surface area contributed by atoms with Crippen molar-refractivity contribution in [3.05, 3.63) is 101 Å². The summed E-state index contributed by atoms with van der Waals surface area (Å²) >= 11 is 0. The van der Waals surface area contributed by atoms with Crippen LogP contribution in [0.1, 0.15) is 72.1 Å². The Morgan fingerprint density at radius 2 is 1.65 bits per heavy atom. The number of esters is 1. The molecule has 0 saturated carbocycles. The van der Waals surface area contributed by atoms with Crippen LogP contribution in [-0.4, -0.2) is 80.0 Å². The van der Waals surface area contributed by atoms with Crippen LogP contribution in [0.3, 0.4) is 0 Å². The number of rotatable bonds is 13. The molecule has 0 aliphatic carbocycles. The Bertz CT molecular complexity index is 1540. The molecular formula is C39H47N3O7. The van der Waals surface area contributed by atoms with E-state index in [1.807, 2.05) is 73.8 Å². The van der Waals surface area contributed by atoms with Gasteiger partial charge in [0.05, 0.1) is 18.6 Å². The van der Waals surface area contributed by atoms with Gasteiger partial charge < -0.3 is 34.1 Å². The summed E-state index contributed by atoms with van der Waals surface area (Å²) in [5, 5.41) is 3.09. The van der Waals surface area contributed by atoms with Gasteiger partial charge >= 0.3 is 12.1 Å². The summed E-state index contributed by atoms with van der Waals surface area (Å²) in [5.41, 5.74) is 3.29. The number of likely N-dealkylation sites (tertiary alicyclic amines) is 2. The van der Waals surface area contributed by atoms with Crippen LogP contribution >= 0.6 is 0 Å². The molecule has 0 radical (unpaired) electrons. The predicted octanol–water partition coefficient (Wildman–Crippen LogP) is 5.80. The van der Waals surface area contributed by atoms with E-state index in [9.17, 15) is 19.2 Å². The number of unbranched alkanes of at least 4 members (excludes halogenated alkanes) is 1. The standard InChI is InChI=1S/C39H47N3O7/c1-28-17-20-41(2)26-35(28)49-39(46)40-36(30-9-4-3-5-10-30)33-11-8-12-34(25-33)48-27-29-13-15-31(16-14-29)37(44)42-21-18-32(19-22-42)38(45)47-24-7-6-23-43/h3-5,8-16,23,25,28,32,35-36H,6-7,17-22,24,26-27H2,1-2H3,(H,40,46)/t28?,35-,36-/m0/s1. The van der Waals surface area contributed by atoms with E-state index in [2.05, 4.69) is 17.1 Å². The molecule has 10 heteroatoms. The van der Waals surface area contributed by atoms with Gasteiger partial charge in [0.2, 0.25) is 0 Å². The van der Waals surface area contributed by atoms with Crippen molar-refractivity contribution in [3.63, 3.8) is 0 Å². The molecule has 260 valence electrons. The van der Waals surface area contributed by atoms with Gasteiger partial charge in [0.15, 0.2) is 0 Å². The van der Waals surface area contributed by atoms with Gasteiger partial charge in [-0.1, -0.05) is 61.5 Å². The van der Waals surface area contributed by atoms with E-state index in [4.69, 9.17) is 14.2 Å². The molecule has 2 fully saturated rings. The normalized spacial score (nSPS) is 19.0. The lowest BCUT2D eigenvalue weighted by Crippen LogP contribution is -2.45. The highest BCUT2D eigenvalue weighted by atomic mass is 16.6. The molecule has 10 nitrogen and oxygen atoms in total. The van der Waals surface area contributed by atoms with Crippen LogP contribution in [0.5, 0.6) is 5.75 Å². The largest absolute Gasteiger partial charge is 0.489 e. The Hall–Kier alpha value is -4.70. The number of alkyl carbamates (subject to hydrolysis) is 1. The summed E-state index contributed by atoms with van der Waals surface area (Å²) in [6.07, 6.45) is 3.21. The molecule has 5 rings (SSSR count). The van der Waals surface area contributed by atoms with Gasteiger partial charge in [-0.2, -0.15) is 0 Å². The quantitative estimate of drug-likeness (QED) is 0.138. The average Bonchev–Trinajstić information content (AvgIpc) is 3.13. The smallest absolute Gasteiger partial charge is 0.408 e. The van der Waals surface area contributed by atoms with Crippen molar-refractivity contribution in [1.82, 2.24) is 15.1 Å². The number of hydrogen-bond acceptors (Lipinski definition) is 8. The van der Waals surface area contributed by atoms with Crippen LogP contribution in [-0.2, 0) is 25.7 Å². The second kappa shape index (κ2) is 17.6. The second-order valence-corrected chi connectivity index (χ2v) is 13.1. The Kier molecular flexibility index (Phi) is 12.8. The molecule has 2 heterocycles. The molecule has 0 aromatic heterocycles. The number of carbonyl (C=O) groups excluding carboxylic acids is 4. The van der Waals surface area contributed by atoms with Crippen LogP contribution in [0.15, 0.2) is 78.9 Å². The lowest BCUT2D eigenvalue weighted by molar-refractivity contribution is -0.150. The first-order chi connectivity index (χ1) is 23.8. The number of hydrogen-bond donors (Lipinski definition) is 1. The molecule has 0 bridgehead atoms. The lowest BCUT2D eigenvalue weighted by Gasteiger charge is -2.34. The highest BCUT2D eigenvalue weighted by Gasteiger charge is 2.30. The number of nitrogens with one attached hydrogen (secondary N) is 1. The van der Waals surface area contributed by atoms with Crippen molar-refractivity contribution in [1.29, 1.82) is 0 Å². The maximum absolute atomic E-state index is 13.2. The second-order valence-electron chi connectivity index (χ2n) is 13.1. The van der Waals surface area contributed by atoms with Crippen molar-refractivity contribution in [3.8, 4) is 5.75 Å². The number of benzene rings is 3. The van der Waals surface area contributed by atoms with Crippen molar-refractivity contribution in [2.45, 2.75) is 57.8 Å². The first-order valence-corrected chi connectivity index (χ1v) is 17.2. The lowest BCUT2D eigenvalue weighted by atomic mass is 9.96. The van der Waals surface area contributed by atoms with Crippen LogP contribution < -0.4 is 10.1 Å². The summed E-state index contributed by atoms with van der Waals surface area (Å²) in [6.45, 7) is 5.36. The first kappa shape index (κ1) is 35.6. The van der Waals surface area contributed by atoms with Crippen LogP contribution in [0.4, 0.5) is 4.79 Å². The molecule has 2 aliphatic heterocycles. The van der Waals surface area contributed by atoms with Crippen molar-refractivity contribution in [2.24, 2.45) is 11.8 Å². The summed E-state index contributed by atoms with van der Waals surface area (Å²) in [4.78, 5) is 53.0. The highest BCUT2D eigenvalue weighted by molar-refractivity contribution is 5.94. The third kappa shape index (κ3) is 10.2. The topological polar surface area (TPSA) is 114 Å². The van der Waals surface area contributed by atoms with E-state index < -0.39 is 12.1 Å². The SMILES string of the molecule is CC1CCN(C)C[C@@H]1OC(=O)N[C@@H](c1ccccc1)c1cccc(OCc2ccc(C(=O)N3CCC(C(=O)OCCCC=O)CC3)cc2)c1. The van der Waals surface area contributed by atoms with Gasteiger partial charge in [-0.3, -0.25) is 9.59 Å². The van der Waals surface area contributed by atoms with Crippen molar-refractivity contribution < 1.29 is 33.4 Å². The van der Waals surface area contributed by atoms with Gasteiger partial charge in [-0.15, -0.1) is 0 Å². The molecule has 2 saturated heterocycles.